The van der Waals surface area contributed by atoms with Crippen molar-refractivity contribution in [2.75, 3.05) is 6.61 Å². The fourth-order valence-electron chi connectivity index (χ4n) is 4.11. The van der Waals surface area contributed by atoms with Crippen LogP contribution < -0.4 is 4.74 Å². The lowest BCUT2D eigenvalue weighted by Gasteiger charge is -2.22. The Balaban J connectivity index is 1.44. The van der Waals surface area contributed by atoms with Crippen LogP contribution in [0.3, 0.4) is 0 Å². The molecule has 160 valence electrons. The molecular formula is C28H21N3O2. The number of hydrogen-bond acceptors (Lipinski definition) is 4. The first-order valence-electron chi connectivity index (χ1n) is 10.8. The summed E-state index contributed by atoms with van der Waals surface area (Å²) in [6.07, 6.45) is 0.614. The van der Waals surface area contributed by atoms with Crippen molar-refractivity contribution in [2.45, 2.75) is 12.5 Å². The highest BCUT2D eigenvalue weighted by molar-refractivity contribution is 6.05. The van der Waals surface area contributed by atoms with Gasteiger partial charge in [0.15, 0.2) is 6.61 Å². The van der Waals surface area contributed by atoms with Crippen LogP contribution in [-0.4, -0.2) is 23.2 Å². The molecule has 1 aliphatic rings. The van der Waals surface area contributed by atoms with E-state index in [9.17, 15) is 10.1 Å². The lowest BCUT2D eigenvalue weighted by molar-refractivity contribution is -0.135. The van der Waals surface area contributed by atoms with Crippen LogP contribution in [0.2, 0.25) is 0 Å². The number of carbonyl (C=O) groups is 1. The molecule has 5 nitrogen and oxygen atoms in total. The number of benzene rings is 4. The average molecular weight is 431 g/mol. The Morgan fingerprint density at radius 2 is 1.67 bits per heavy atom. The lowest BCUT2D eigenvalue weighted by atomic mass is 9.97. The van der Waals surface area contributed by atoms with Gasteiger partial charge in [0, 0.05) is 6.42 Å². The molecular weight excluding hydrogens is 410 g/mol. The van der Waals surface area contributed by atoms with Crippen molar-refractivity contribution >= 4 is 22.4 Å². The van der Waals surface area contributed by atoms with Crippen molar-refractivity contribution in [1.29, 1.82) is 5.26 Å². The van der Waals surface area contributed by atoms with Gasteiger partial charge in [0.25, 0.3) is 5.91 Å². The highest BCUT2D eigenvalue weighted by Crippen LogP contribution is 2.33. The van der Waals surface area contributed by atoms with Crippen molar-refractivity contribution in [2.24, 2.45) is 5.10 Å². The molecule has 0 unspecified atom stereocenters. The average Bonchev–Trinajstić information content (AvgIpc) is 3.33. The molecule has 1 aliphatic heterocycles. The molecule has 0 radical (unpaired) electrons. The van der Waals surface area contributed by atoms with E-state index in [0.717, 1.165) is 27.6 Å². The Hall–Kier alpha value is -4.43. The van der Waals surface area contributed by atoms with Crippen molar-refractivity contribution in [3.8, 4) is 11.8 Å². The quantitative estimate of drug-likeness (QED) is 0.421. The third-order valence-corrected chi connectivity index (χ3v) is 5.79. The molecule has 4 aromatic carbocycles. The van der Waals surface area contributed by atoms with E-state index in [0.29, 0.717) is 17.7 Å². The standard InChI is InChI=1S/C28H21N3O2/c29-18-24-12-6-7-13-27(24)33-19-28(32)31-26(21-9-2-1-3-10-21)17-25(30-31)23-15-14-20-8-4-5-11-22(20)16-23/h1-16,26H,17,19H2/t26-/m0/s1. The molecule has 0 aliphatic carbocycles. The second kappa shape index (κ2) is 8.97. The minimum Gasteiger partial charge on any atom is -0.482 e. The molecule has 4 aromatic rings. The fourth-order valence-corrected chi connectivity index (χ4v) is 4.11. The third-order valence-electron chi connectivity index (χ3n) is 5.79. The van der Waals surface area contributed by atoms with Crippen molar-refractivity contribution in [3.05, 3.63) is 114 Å². The summed E-state index contributed by atoms with van der Waals surface area (Å²) < 4.78 is 5.70. The number of nitriles is 1. The van der Waals surface area contributed by atoms with E-state index in [1.165, 1.54) is 5.01 Å². The number of amides is 1. The SMILES string of the molecule is N#Cc1ccccc1OCC(=O)N1N=C(c2ccc3ccccc3c2)C[C@H]1c1ccccc1. The summed E-state index contributed by atoms with van der Waals surface area (Å²) in [6.45, 7) is -0.198. The Kier molecular flexibility index (Phi) is 5.57. The van der Waals surface area contributed by atoms with Crippen LogP contribution in [0.4, 0.5) is 0 Å². The molecule has 5 heteroatoms. The van der Waals surface area contributed by atoms with Gasteiger partial charge in [-0.1, -0.05) is 78.9 Å². The smallest absolute Gasteiger partial charge is 0.281 e. The topological polar surface area (TPSA) is 65.7 Å². The first-order valence-corrected chi connectivity index (χ1v) is 10.8. The summed E-state index contributed by atoms with van der Waals surface area (Å²) in [6, 6.07) is 33.1. The van der Waals surface area contributed by atoms with Gasteiger partial charge in [-0.05, 0) is 40.1 Å². The summed E-state index contributed by atoms with van der Waals surface area (Å²) in [7, 11) is 0. The van der Waals surface area contributed by atoms with Gasteiger partial charge in [-0.25, -0.2) is 5.01 Å². The largest absolute Gasteiger partial charge is 0.482 e. The van der Waals surface area contributed by atoms with E-state index < -0.39 is 0 Å². The van der Waals surface area contributed by atoms with E-state index in [4.69, 9.17) is 9.84 Å². The minimum absolute atomic E-state index is 0.198. The first kappa shape index (κ1) is 20.5. The van der Waals surface area contributed by atoms with Crippen molar-refractivity contribution in [3.63, 3.8) is 0 Å². The molecule has 1 amide bonds. The normalized spacial score (nSPS) is 15.2. The monoisotopic (exact) mass is 431 g/mol. The number of hydrazone groups is 1. The van der Waals surface area contributed by atoms with E-state index in [-0.39, 0.29) is 18.6 Å². The second-order valence-electron chi connectivity index (χ2n) is 7.87. The molecule has 0 aromatic heterocycles. The Labute approximate surface area is 192 Å². The second-order valence-corrected chi connectivity index (χ2v) is 7.87. The third kappa shape index (κ3) is 4.19. The van der Waals surface area contributed by atoms with Gasteiger partial charge in [-0.15, -0.1) is 0 Å². The predicted molar refractivity (Wildman–Crippen MR) is 128 cm³/mol. The molecule has 0 fully saturated rings. The summed E-state index contributed by atoms with van der Waals surface area (Å²) in [5.74, 6) is 0.134. The molecule has 0 bridgehead atoms. The highest BCUT2D eigenvalue weighted by atomic mass is 16.5. The van der Waals surface area contributed by atoms with E-state index in [1.54, 1.807) is 24.3 Å². The Morgan fingerprint density at radius 3 is 2.48 bits per heavy atom. The molecule has 1 heterocycles. The Morgan fingerprint density at radius 1 is 0.939 bits per heavy atom. The highest BCUT2D eigenvalue weighted by Gasteiger charge is 2.33. The summed E-state index contributed by atoms with van der Waals surface area (Å²) in [4.78, 5) is 13.2. The van der Waals surface area contributed by atoms with Gasteiger partial charge < -0.3 is 4.74 Å². The zero-order valence-corrected chi connectivity index (χ0v) is 17.9. The Bertz CT molecular complexity index is 1390. The first-order chi connectivity index (χ1) is 16.2. The molecule has 1 atom stereocenters. The molecule has 33 heavy (non-hydrogen) atoms. The van der Waals surface area contributed by atoms with Crippen LogP contribution in [0.25, 0.3) is 10.8 Å². The predicted octanol–water partition coefficient (Wildman–Crippen LogP) is 5.47. The number of fused-ring (bicyclic) bond motifs is 1. The van der Waals surface area contributed by atoms with Gasteiger partial charge in [0.05, 0.1) is 17.3 Å². The molecule has 5 rings (SSSR count). The van der Waals surface area contributed by atoms with Crippen LogP contribution >= 0.6 is 0 Å². The number of ether oxygens (including phenoxy) is 1. The maximum atomic E-state index is 13.2. The molecule has 0 saturated heterocycles. The van der Waals surface area contributed by atoms with Gasteiger partial charge in [-0.3, -0.25) is 4.79 Å². The van der Waals surface area contributed by atoms with Crippen LogP contribution in [0.15, 0.2) is 102 Å². The number of rotatable bonds is 5. The fraction of sp³-hybridized carbons (Fsp3) is 0.107. The minimum atomic E-state index is -0.257. The summed E-state index contributed by atoms with van der Waals surface area (Å²) in [5.41, 5.74) is 3.27. The maximum absolute atomic E-state index is 13.2. The van der Waals surface area contributed by atoms with Gasteiger partial charge >= 0.3 is 0 Å². The van der Waals surface area contributed by atoms with Crippen molar-refractivity contribution < 1.29 is 9.53 Å². The zero-order chi connectivity index (χ0) is 22.6. The van der Waals surface area contributed by atoms with E-state index in [2.05, 4.69) is 36.4 Å². The zero-order valence-electron chi connectivity index (χ0n) is 17.9. The maximum Gasteiger partial charge on any atom is 0.281 e. The van der Waals surface area contributed by atoms with Gasteiger partial charge in [-0.2, -0.15) is 10.4 Å². The van der Waals surface area contributed by atoms with Crippen molar-refractivity contribution in [1.82, 2.24) is 5.01 Å². The molecule has 0 N–H and O–H groups in total. The lowest BCUT2D eigenvalue weighted by Crippen LogP contribution is -2.31. The number of nitrogens with zero attached hydrogens (tertiary/aromatic N) is 3. The number of hydrogen-bond donors (Lipinski definition) is 0. The van der Waals surface area contributed by atoms with Crippen LogP contribution in [0.1, 0.15) is 29.2 Å². The van der Waals surface area contributed by atoms with E-state index in [1.807, 2.05) is 42.5 Å². The van der Waals surface area contributed by atoms with Crippen LogP contribution in [0.5, 0.6) is 5.75 Å². The molecule has 0 saturated carbocycles. The van der Waals surface area contributed by atoms with E-state index >= 15 is 0 Å². The molecule has 0 spiro atoms. The summed E-state index contributed by atoms with van der Waals surface area (Å²) in [5, 5.41) is 17.8. The summed E-state index contributed by atoms with van der Waals surface area (Å²) >= 11 is 0. The van der Waals surface area contributed by atoms with Gasteiger partial charge in [0.2, 0.25) is 0 Å². The number of carbonyl (C=O) groups excluding carboxylic acids is 1. The number of para-hydroxylation sites is 1. The van der Waals surface area contributed by atoms with Crippen LogP contribution in [-0.2, 0) is 4.79 Å². The van der Waals surface area contributed by atoms with Gasteiger partial charge in [0.1, 0.15) is 11.8 Å². The van der Waals surface area contributed by atoms with Crippen LogP contribution in [0, 0.1) is 11.3 Å².